The highest BCUT2D eigenvalue weighted by atomic mass is 32.2. The van der Waals surface area contributed by atoms with E-state index < -0.39 is 5.97 Å². The van der Waals surface area contributed by atoms with Gasteiger partial charge < -0.3 is 14.2 Å². The first-order valence-electron chi connectivity index (χ1n) is 8.07. The minimum atomic E-state index is -0.464. The molecule has 0 radical (unpaired) electrons. The number of aromatic nitrogens is 1. The Morgan fingerprint density at radius 2 is 1.96 bits per heavy atom. The zero-order valence-corrected chi connectivity index (χ0v) is 15.8. The highest BCUT2D eigenvalue weighted by Gasteiger charge is 2.16. The zero-order valence-electron chi connectivity index (χ0n) is 14.9. The van der Waals surface area contributed by atoms with E-state index in [1.165, 1.54) is 17.8 Å². The van der Waals surface area contributed by atoms with Crippen LogP contribution in [-0.2, 0) is 4.74 Å². The van der Waals surface area contributed by atoms with Gasteiger partial charge in [0, 0.05) is 5.75 Å². The molecule has 0 fully saturated rings. The number of hydrogen-bond acceptors (Lipinski definition) is 7. The van der Waals surface area contributed by atoms with Crippen LogP contribution in [0.1, 0.15) is 28.5 Å². The van der Waals surface area contributed by atoms with Crippen molar-refractivity contribution in [1.29, 1.82) is 5.26 Å². The van der Waals surface area contributed by atoms with Crippen molar-refractivity contribution in [3.63, 3.8) is 0 Å². The van der Waals surface area contributed by atoms with Gasteiger partial charge in [-0.3, -0.25) is 0 Å². The van der Waals surface area contributed by atoms with Crippen LogP contribution >= 0.6 is 11.8 Å². The molecular weight excluding hydrogens is 352 g/mol. The first kappa shape index (κ1) is 19.6. The van der Waals surface area contributed by atoms with E-state index in [2.05, 4.69) is 11.1 Å². The molecule has 0 unspecified atom stereocenters. The Hall–Kier alpha value is -2.72. The van der Waals surface area contributed by atoms with Gasteiger partial charge in [0.25, 0.3) is 0 Å². The number of thioether (sulfide) groups is 1. The highest BCUT2D eigenvalue weighted by molar-refractivity contribution is 7.99. The number of pyridine rings is 1. The number of rotatable bonds is 8. The summed E-state index contributed by atoms with van der Waals surface area (Å²) in [5.74, 6) is 1.67. The van der Waals surface area contributed by atoms with E-state index in [-0.39, 0.29) is 6.61 Å². The summed E-state index contributed by atoms with van der Waals surface area (Å²) in [6, 6.07) is 10.9. The molecule has 136 valence electrons. The van der Waals surface area contributed by atoms with E-state index in [9.17, 15) is 10.1 Å². The summed E-state index contributed by atoms with van der Waals surface area (Å²) in [5.41, 5.74) is 1.22. The maximum absolute atomic E-state index is 11.9. The maximum atomic E-state index is 11.9. The summed E-state index contributed by atoms with van der Waals surface area (Å²) >= 11 is 1.41. The quantitative estimate of drug-likeness (QED) is 0.398. The number of hydrogen-bond donors (Lipinski definition) is 0. The number of carbonyl (C=O) groups is 1. The van der Waals surface area contributed by atoms with Crippen molar-refractivity contribution >= 4 is 17.7 Å². The molecule has 26 heavy (non-hydrogen) atoms. The molecule has 1 aromatic carbocycles. The number of ether oxygens (including phenoxy) is 3. The molecule has 0 aliphatic carbocycles. The molecule has 1 heterocycles. The average molecular weight is 372 g/mol. The lowest BCUT2D eigenvalue weighted by Crippen LogP contribution is -2.09. The molecule has 0 bridgehead atoms. The number of carbonyl (C=O) groups excluding carboxylic acids is 1. The van der Waals surface area contributed by atoms with Crippen LogP contribution in [0.4, 0.5) is 0 Å². The lowest BCUT2D eigenvalue weighted by atomic mass is 10.1. The molecule has 1 aromatic heterocycles. The Bertz CT molecular complexity index is 800. The van der Waals surface area contributed by atoms with E-state index in [1.807, 2.05) is 24.3 Å². The van der Waals surface area contributed by atoms with Crippen molar-refractivity contribution in [2.45, 2.75) is 18.9 Å². The van der Waals surface area contributed by atoms with Crippen molar-refractivity contribution in [1.82, 2.24) is 4.98 Å². The van der Waals surface area contributed by atoms with E-state index in [0.29, 0.717) is 34.2 Å². The van der Waals surface area contributed by atoms with E-state index >= 15 is 0 Å². The monoisotopic (exact) mass is 372 g/mol. The van der Waals surface area contributed by atoms with Gasteiger partial charge >= 0.3 is 5.97 Å². The third kappa shape index (κ3) is 5.14. The molecule has 0 atom stereocenters. The summed E-state index contributed by atoms with van der Waals surface area (Å²) < 4.78 is 15.8. The third-order valence-electron chi connectivity index (χ3n) is 3.44. The molecule has 0 aliphatic heterocycles. The SMILES string of the molecule is CCOC(=O)c1cc(C#N)c(SCCOc2ccc(OC)cc2)nc1C. The minimum Gasteiger partial charge on any atom is -0.497 e. The molecule has 0 saturated heterocycles. The summed E-state index contributed by atoms with van der Waals surface area (Å²) in [6.07, 6.45) is 0. The largest absolute Gasteiger partial charge is 0.497 e. The summed E-state index contributed by atoms with van der Waals surface area (Å²) in [5, 5.41) is 9.91. The fraction of sp³-hybridized carbons (Fsp3) is 0.316. The van der Waals surface area contributed by atoms with Crippen LogP contribution in [0, 0.1) is 18.3 Å². The number of nitrogens with zero attached hydrogens (tertiary/aromatic N) is 2. The Labute approximate surface area is 157 Å². The molecule has 0 amide bonds. The number of nitriles is 1. The molecule has 0 spiro atoms. The predicted octanol–water partition coefficient (Wildman–Crippen LogP) is 3.62. The van der Waals surface area contributed by atoms with Gasteiger partial charge in [-0.1, -0.05) is 0 Å². The maximum Gasteiger partial charge on any atom is 0.340 e. The van der Waals surface area contributed by atoms with E-state index in [1.54, 1.807) is 21.0 Å². The van der Waals surface area contributed by atoms with Crippen LogP contribution < -0.4 is 9.47 Å². The smallest absolute Gasteiger partial charge is 0.340 e. The van der Waals surface area contributed by atoms with Crippen LogP contribution in [0.15, 0.2) is 35.4 Å². The molecule has 0 saturated carbocycles. The fourth-order valence-electron chi connectivity index (χ4n) is 2.16. The first-order valence-corrected chi connectivity index (χ1v) is 9.06. The molecule has 2 aromatic rings. The van der Waals surface area contributed by atoms with Crippen LogP contribution in [0.3, 0.4) is 0 Å². The van der Waals surface area contributed by atoms with Crippen molar-refractivity contribution in [2.24, 2.45) is 0 Å². The van der Waals surface area contributed by atoms with Gasteiger partial charge in [0.1, 0.15) is 22.6 Å². The van der Waals surface area contributed by atoms with Crippen molar-refractivity contribution in [3.05, 3.63) is 47.2 Å². The molecule has 0 aliphatic rings. The van der Waals surface area contributed by atoms with Gasteiger partial charge in [0.05, 0.1) is 37.1 Å². The summed E-state index contributed by atoms with van der Waals surface area (Å²) in [7, 11) is 1.61. The second kappa shape index (κ2) is 9.68. The second-order valence-electron chi connectivity index (χ2n) is 5.18. The van der Waals surface area contributed by atoms with Gasteiger partial charge in [-0.05, 0) is 44.2 Å². The van der Waals surface area contributed by atoms with E-state index in [0.717, 1.165) is 11.5 Å². The van der Waals surface area contributed by atoms with Gasteiger partial charge in [-0.15, -0.1) is 11.8 Å². The zero-order chi connectivity index (χ0) is 18.9. The Morgan fingerprint density at radius 3 is 2.58 bits per heavy atom. The van der Waals surface area contributed by atoms with Crippen molar-refractivity contribution in [3.8, 4) is 17.6 Å². The lowest BCUT2D eigenvalue weighted by Gasteiger charge is -2.10. The number of benzene rings is 1. The standard InChI is InChI=1S/C19H20N2O4S/c1-4-24-19(22)17-11-14(12-20)18(21-13(17)2)26-10-9-25-16-7-5-15(23-3)6-8-16/h5-8,11H,4,9-10H2,1-3H3. The van der Waals surface area contributed by atoms with Gasteiger partial charge in [-0.25, -0.2) is 9.78 Å². The molecule has 6 nitrogen and oxygen atoms in total. The Kier molecular flexibility index (Phi) is 7.30. The van der Waals surface area contributed by atoms with Gasteiger partial charge in [0.15, 0.2) is 0 Å². The van der Waals surface area contributed by atoms with E-state index in [4.69, 9.17) is 14.2 Å². The fourth-order valence-corrected chi connectivity index (χ4v) is 2.98. The van der Waals surface area contributed by atoms with Gasteiger partial charge in [-0.2, -0.15) is 5.26 Å². The highest BCUT2D eigenvalue weighted by Crippen LogP contribution is 2.24. The lowest BCUT2D eigenvalue weighted by molar-refractivity contribution is 0.0524. The van der Waals surface area contributed by atoms with Crippen LogP contribution in [-0.4, -0.2) is 37.0 Å². The van der Waals surface area contributed by atoms with Crippen molar-refractivity contribution < 1.29 is 19.0 Å². The average Bonchev–Trinajstić information content (AvgIpc) is 2.66. The molecular formula is C19H20N2O4S. The van der Waals surface area contributed by atoms with Gasteiger partial charge in [0.2, 0.25) is 0 Å². The van der Waals surface area contributed by atoms with Crippen LogP contribution in [0.25, 0.3) is 0 Å². The molecule has 0 N–H and O–H groups in total. The van der Waals surface area contributed by atoms with Crippen LogP contribution in [0.2, 0.25) is 0 Å². The summed E-state index contributed by atoms with van der Waals surface area (Å²) in [6.45, 7) is 4.20. The molecule has 2 rings (SSSR count). The predicted molar refractivity (Wildman–Crippen MR) is 98.9 cm³/mol. The second-order valence-corrected chi connectivity index (χ2v) is 6.26. The first-order chi connectivity index (χ1) is 12.6. The molecule has 7 heteroatoms. The Balaban J connectivity index is 1.97. The number of esters is 1. The normalized spacial score (nSPS) is 10.1. The number of aryl methyl sites for hydroxylation is 1. The summed E-state index contributed by atoms with van der Waals surface area (Å²) in [4.78, 5) is 16.3. The Morgan fingerprint density at radius 1 is 1.27 bits per heavy atom. The third-order valence-corrected chi connectivity index (χ3v) is 4.40. The number of methoxy groups -OCH3 is 1. The minimum absolute atomic E-state index is 0.277. The topological polar surface area (TPSA) is 81.4 Å². The van der Waals surface area contributed by atoms with Crippen LogP contribution in [0.5, 0.6) is 11.5 Å². The van der Waals surface area contributed by atoms with Crippen molar-refractivity contribution in [2.75, 3.05) is 26.1 Å².